The first-order valence-electron chi connectivity index (χ1n) is 7.54. The number of hydrogen-bond donors (Lipinski definition) is 1. The molecule has 0 aromatic carbocycles. The van der Waals surface area contributed by atoms with Crippen molar-refractivity contribution in [3.63, 3.8) is 0 Å². The molecule has 4 rings (SSSR count). The molecule has 0 radical (unpaired) electrons. The molecule has 2 aliphatic heterocycles. The Morgan fingerprint density at radius 3 is 2.63 bits per heavy atom. The van der Waals surface area contributed by atoms with E-state index in [0.717, 1.165) is 12.8 Å². The summed E-state index contributed by atoms with van der Waals surface area (Å²) in [5.74, 6) is 0.669. The van der Waals surface area contributed by atoms with Crippen molar-refractivity contribution in [3.8, 4) is 0 Å². The van der Waals surface area contributed by atoms with E-state index < -0.39 is 0 Å². The topological polar surface area (TPSA) is 45.3 Å². The van der Waals surface area contributed by atoms with Crippen LogP contribution in [0.25, 0.3) is 0 Å². The minimum Gasteiger partial charge on any atom is -0.393 e. The Labute approximate surface area is 123 Å². The number of halogens is 1. The first kappa shape index (κ1) is 13.1. The molecule has 1 N–H and O–H groups in total. The predicted octanol–water partition coefficient (Wildman–Crippen LogP) is 2.64. The molecule has 19 heavy (non-hydrogen) atoms. The van der Waals surface area contributed by atoms with E-state index in [1.165, 1.54) is 19.3 Å². The van der Waals surface area contributed by atoms with E-state index in [4.69, 9.17) is 9.47 Å². The van der Waals surface area contributed by atoms with E-state index in [2.05, 4.69) is 29.8 Å². The summed E-state index contributed by atoms with van der Waals surface area (Å²) in [6.45, 7) is 4.88. The highest BCUT2D eigenvalue weighted by Gasteiger charge is 2.78. The number of ether oxygens (including phenoxy) is 2. The quantitative estimate of drug-likeness (QED) is 0.625. The number of aliphatic hydroxyl groups excluding tert-OH is 1. The van der Waals surface area contributed by atoms with Crippen molar-refractivity contribution in [2.75, 3.05) is 6.61 Å². The lowest BCUT2D eigenvalue weighted by Gasteiger charge is -2.42. The van der Waals surface area contributed by atoms with Crippen LogP contribution in [0.1, 0.15) is 46.0 Å². The van der Waals surface area contributed by atoms with Crippen LogP contribution in [0.3, 0.4) is 0 Å². The van der Waals surface area contributed by atoms with Crippen molar-refractivity contribution in [2.45, 2.75) is 74.2 Å². The second kappa shape index (κ2) is 3.76. The normalized spacial score (nSPS) is 58.1. The maximum absolute atomic E-state index is 9.45. The third-order valence-electron chi connectivity index (χ3n) is 6.16. The van der Waals surface area contributed by atoms with Gasteiger partial charge in [0.1, 0.15) is 23.4 Å². The van der Waals surface area contributed by atoms with Crippen LogP contribution in [0.2, 0.25) is 0 Å². The summed E-state index contributed by atoms with van der Waals surface area (Å²) in [5.41, 5.74) is 0.209. The smallest absolute Gasteiger partial charge is 0.121 e. The van der Waals surface area contributed by atoms with Gasteiger partial charge in [0, 0.05) is 4.83 Å². The molecule has 0 amide bonds. The van der Waals surface area contributed by atoms with E-state index in [1.54, 1.807) is 0 Å². The van der Waals surface area contributed by atoms with Crippen LogP contribution in [0.15, 0.2) is 0 Å². The van der Waals surface area contributed by atoms with Crippen LogP contribution in [-0.2, 0) is 9.47 Å². The largest absolute Gasteiger partial charge is 0.393 e. The minimum absolute atomic E-state index is 0.0875. The summed E-state index contributed by atoms with van der Waals surface area (Å²) in [6.07, 6.45) is 6.22. The zero-order valence-corrected chi connectivity index (χ0v) is 13.3. The van der Waals surface area contributed by atoms with Gasteiger partial charge in [0.15, 0.2) is 0 Å². The van der Waals surface area contributed by atoms with Gasteiger partial charge in [-0.3, -0.25) is 0 Å². The minimum atomic E-state index is -0.229. The maximum Gasteiger partial charge on any atom is 0.121 e. The van der Waals surface area contributed by atoms with Gasteiger partial charge in [-0.2, -0.15) is 0 Å². The van der Waals surface area contributed by atoms with Crippen LogP contribution in [0.5, 0.6) is 0 Å². The molecule has 4 aliphatic rings. The highest BCUT2D eigenvalue weighted by Crippen LogP contribution is 2.66. The molecule has 0 aromatic rings. The average Bonchev–Trinajstić information content (AvgIpc) is 3.22. The molecule has 0 spiro atoms. The summed E-state index contributed by atoms with van der Waals surface area (Å²) in [6, 6.07) is 0. The van der Waals surface area contributed by atoms with E-state index in [1.807, 2.05) is 0 Å². The van der Waals surface area contributed by atoms with Crippen molar-refractivity contribution in [3.05, 3.63) is 0 Å². The van der Waals surface area contributed by atoms with E-state index >= 15 is 0 Å². The lowest BCUT2D eigenvalue weighted by molar-refractivity contribution is 0.0890. The fourth-order valence-corrected chi connectivity index (χ4v) is 5.10. The Morgan fingerprint density at radius 2 is 1.95 bits per heavy atom. The molecule has 2 saturated heterocycles. The van der Waals surface area contributed by atoms with Gasteiger partial charge in [-0.15, -0.1) is 0 Å². The molecule has 6 atom stereocenters. The van der Waals surface area contributed by atoms with Crippen molar-refractivity contribution in [1.29, 1.82) is 0 Å². The fraction of sp³-hybridized carbons (Fsp3) is 1.00. The van der Waals surface area contributed by atoms with Crippen molar-refractivity contribution >= 4 is 15.9 Å². The van der Waals surface area contributed by atoms with E-state index in [-0.39, 0.29) is 30.0 Å². The van der Waals surface area contributed by atoms with Crippen molar-refractivity contribution < 1.29 is 14.6 Å². The van der Waals surface area contributed by atoms with Gasteiger partial charge < -0.3 is 14.6 Å². The van der Waals surface area contributed by atoms with Gasteiger partial charge >= 0.3 is 0 Å². The molecule has 2 aliphatic carbocycles. The molecule has 2 heterocycles. The lowest BCUT2D eigenvalue weighted by atomic mass is 9.64. The number of epoxide rings is 2. The Hall–Kier alpha value is 0.360. The Balaban J connectivity index is 1.50. The molecule has 108 valence electrons. The second-order valence-corrected chi connectivity index (χ2v) is 8.79. The Kier molecular flexibility index (Phi) is 2.58. The lowest BCUT2D eigenvalue weighted by Crippen LogP contribution is -2.43. The summed E-state index contributed by atoms with van der Waals surface area (Å²) in [4.78, 5) is 0.627. The molecular weight excluding hydrogens is 308 g/mol. The zero-order chi connectivity index (χ0) is 13.5. The molecule has 0 aromatic heterocycles. The Morgan fingerprint density at radius 1 is 1.16 bits per heavy atom. The zero-order valence-electron chi connectivity index (χ0n) is 11.7. The molecule has 0 bridgehead atoms. The van der Waals surface area contributed by atoms with Crippen LogP contribution in [0.4, 0.5) is 0 Å². The molecular formula is C15H23BrO3. The van der Waals surface area contributed by atoms with Gasteiger partial charge in [-0.25, -0.2) is 0 Å². The van der Waals surface area contributed by atoms with Crippen molar-refractivity contribution in [2.24, 2.45) is 11.3 Å². The van der Waals surface area contributed by atoms with Gasteiger partial charge in [-0.1, -0.05) is 29.8 Å². The summed E-state index contributed by atoms with van der Waals surface area (Å²) >= 11 is 3.83. The SMILES string of the molecule is CC1(C)CC(C23CCC4(CO)OC4C2O3)CCC1Br. The first-order valence-corrected chi connectivity index (χ1v) is 8.46. The number of fused-ring (bicyclic) bond motifs is 3. The number of hydrogen-bond acceptors (Lipinski definition) is 3. The molecule has 2 saturated carbocycles. The molecule has 6 unspecified atom stereocenters. The highest BCUT2D eigenvalue weighted by molar-refractivity contribution is 9.09. The summed E-state index contributed by atoms with van der Waals surface area (Å²) < 4.78 is 11.9. The Bertz CT molecular complexity index is 412. The van der Waals surface area contributed by atoms with E-state index in [0.29, 0.717) is 16.2 Å². The monoisotopic (exact) mass is 330 g/mol. The second-order valence-electron chi connectivity index (χ2n) is 7.69. The summed E-state index contributed by atoms with van der Waals surface area (Å²) in [7, 11) is 0. The third-order valence-corrected chi connectivity index (χ3v) is 7.85. The van der Waals surface area contributed by atoms with Crippen molar-refractivity contribution in [1.82, 2.24) is 0 Å². The summed E-state index contributed by atoms with van der Waals surface area (Å²) in [5, 5.41) is 9.45. The average molecular weight is 331 g/mol. The van der Waals surface area contributed by atoms with Gasteiger partial charge in [0.2, 0.25) is 0 Å². The highest BCUT2D eigenvalue weighted by atomic mass is 79.9. The van der Waals surface area contributed by atoms with Crippen LogP contribution >= 0.6 is 15.9 Å². The standard InChI is InChI=1S/C15H23BrO3/c1-13(2)7-9(3-4-10(13)16)15-6-5-14(8-17)11(18-14)12(15)19-15/h9-12,17H,3-8H2,1-2H3. The number of aliphatic hydroxyl groups is 1. The van der Waals surface area contributed by atoms with Gasteiger partial charge in [-0.05, 0) is 43.4 Å². The van der Waals surface area contributed by atoms with Crippen LogP contribution in [0, 0.1) is 11.3 Å². The number of rotatable bonds is 2. The fourth-order valence-electron chi connectivity index (χ4n) is 4.65. The predicted molar refractivity (Wildman–Crippen MR) is 75.4 cm³/mol. The van der Waals surface area contributed by atoms with E-state index in [9.17, 15) is 5.11 Å². The number of alkyl halides is 1. The maximum atomic E-state index is 9.45. The molecule has 4 heteroatoms. The van der Waals surface area contributed by atoms with Gasteiger partial charge in [0.05, 0.1) is 6.61 Å². The van der Waals surface area contributed by atoms with Crippen LogP contribution in [-0.4, -0.2) is 40.0 Å². The first-order chi connectivity index (χ1) is 8.94. The third kappa shape index (κ3) is 1.66. The molecule has 3 nitrogen and oxygen atoms in total. The van der Waals surface area contributed by atoms with Crippen LogP contribution < -0.4 is 0 Å². The van der Waals surface area contributed by atoms with Gasteiger partial charge in [0.25, 0.3) is 0 Å². The molecule has 4 fully saturated rings.